The summed E-state index contributed by atoms with van der Waals surface area (Å²) in [6.07, 6.45) is 1.30. The Morgan fingerprint density at radius 3 is 2.52 bits per heavy atom. The first-order valence-electron chi connectivity index (χ1n) is 7.21. The minimum atomic E-state index is -0.986. The minimum Gasteiger partial charge on any atom is -0.495 e. The molecule has 1 saturated heterocycles. The molecule has 0 aromatic heterocycles. The summed E-state index contributed by atoms with van der Waals surface area (Å²) in [7, 11) is 1.47. The largest absolute Gasteiger partial charge is 0.495 e. The highest BCUT2D eigenvalue weighted by Gasteiger charge is 2.25. The van der Waals surface area contributed by atoms with Crippen molar-refractivity contribution in [3.05, 3.63) is 23.2 Å². The molecule has 1 aromatic rings. The molecule has 0 aliphatic carbocycles. The van der Waals surface area contributed by atoms with Gasteiger partial charge in [0.25, 0.3) is 0 Å². The molecule has 1 aromatic carbocycles. The molecule has 7 nitrogen and oxygen atoms in total. The number of carbonyl (C=O) groups is 3. The second kappa shape index (κ2) is 7.94. The molecule has 124 valence electrons. The summed E-state index contributed by atoms with van der Waals surface area (Å²) >= 11 is 5.94. The summed E-state index contributed by atoms with van der Waals surface area (Å²) in [5, 5.41) is 7.95. The van der Waals surface area contributed by atoms with Crippen LogP contribution in [0, 0.1) is 5.92 Å². The van der Waals surface area contributed by atoms with Crippen LogP contribution >= 0.6 is 11.6 Å². The van der Waals surface area contributed by atoms with E-state index in [4.69, 9.17) is 16.3 Å². The first-order chi connectivity index (χ1) is 11.0. The Bertz CT molecular complexity index is 615. The van der Waals surface area contributed by atoms with Crippen LogP contribution in [0.4, 0.5) is 5.69 Å². The van der Waals surface area contributed by atoms with Gasteiger partial charge in [0, 0.05) is 11.6 Å². The van der Waals surface area contributed by atoms with Crippen molar-refractivity contribution < 1.29 is 19.1 Å². The van der Waals surface area contributed by atoms with Crippen molar-refractivity contribution in [2.75, 3.05) is 25.5 Å². The number of imide groups is 1. The molecule has 3 amide bonds. The van der Waals surface area contributed by atoms with Crippen molar-refractivity contribution in [2.24, 2.45) is 5.92 Å². The standard InChI is InChI=1S/C15H18ClN3O4/c1-23-12-3-2-10(8-11(12)16)18-14(21)15(22)19-13(20)9-4-6-17-7-5-9/h2-3,8-9,17H,4-7H2,1H3,(H,18,21)(H,19,20,22). The van der Waals surface area contributed by atoms with Gasteiger partial charge >= 0.3 is 11.8 Å². The summed E-state index contributed by atoms with van der Waals surface area (Å²) in [6.45, 7) is 1.45. The number of carbonyl (C=O) groups excluding carboxylic acids is 3. The number of nitrogens with one attached hydrogen (secondary N) is 3. The molecule has 2 rings (SSSR count). The van der Waals surface area contributed by atoms with Gasteiger partial charge in [0.1, 0.15) is 5.75 Å². The van der Waals surface area contributed by atoms with E-state index in [9.17, 15) is 14.4 Å². The summed E-state index contributed by atoms with van der Waals surface area (Å²) in [5.41, 5.74) is 0.338. The minimum absolute atomic E-state index is 0.247. The van der Waals surface area contributed by atoms with Gasteiger partial charge in [-0.25, -0.2) is 0 Å². The maximum Gasteiger partial charge on any atom is 0.316 e. The molecule has 0 radical (unpaired) electrons. The zero-order chi connectivity index (χ0) is 16.8. The van der Waals surface area contributed by atoms with Gasteiger partial charge in [-0.05, 0) is 44.1 Å². The number of amides is 3. The molecule has 0 unspecified atom stereocenters. The van der Waals surface area contributed by atoms with E-state index in [0.717, 1.165) is 13.1 Å². The smallest absolute Gasteiger partial charge is 0.316 e. The van der Waals surface area contributed by atoms with Crippen LogP contribution in [0.1, 0.15) is 12.8 Å². The van der Waals surface area contributed by atoms with Gasteiger partial charge < -0.3 is 15.4 Å². The van der Waals surface area contributed by atoms with Crippen molar-refractivity contribution in [1.82, 2.24) is 10.6 Å². The Hall–Kier alpha value is -2.12. The highest BCUT2D eigenvalue weighted by molar-refractivity contribution is 6.42. The number of benzene rings is 1. The van der Waals surface area contributed by atoms with Crippen LogP contribution in [0.3, 0.4) is 0 Å². The van der Waals surface area contributed by atoms with Crippen molar-refractivity contribution in [1.29, 1.82) is 0 Å². The maximum atomic E-state index is 11.9. The first-order valence-corrected chi connectivity index (χ1v) is 7.59. The van der Waals surface area contributed by atoms with Gasteiger partial charge in [-0.15, -0.1) is 0 Å². The topological polar surface area (TPSA) is 96.5 Å². The second-order valence-corrected chi connectivity index (χ2v) is 5.55. The van der Waals surface area contributed by atoms with Crippen LogP contribution in [0.2, 0.25) is 5.02 Å². The van der Waals surface area contributed by atoms with Crippen molar-refractivity contribution in [3.63, 3.8) is 0 Å². The highest BCUT2D eigenvalue weighted by atomic mass is 35.5. The Morgan fingerprint density at radius 2 is 1.91 bits per heavy atom. The zero-order valence-corrected chi connectivity index (χ0v) is 13.4. The number of ether oxygens (including phenoxy) is 1. The van der Waals surface area contributed by atoms with Gasteiger partial charge in [0.2, 0.25) is 5.91 Å². The molecule has 3 N–H and O–H groups in total. The molecule has 0 bridgehead atoms. The summed E-state index contributed by atoms with van der Waals surface area (Å²) in [5.74, 6) is -2.12. The Balaban J connectivity index is 1.90. The first kappa shape index (κ1) is 17.2. The fourth-order valence-corrected chi connectivity index (χ4v) is 2.54. The average Bonchev–Trinajstić information content (AvgIpc) is 2.55. The van der Waals surface area contributed by atoms with Crippen LogP contribution in [0.15, 0.2) is 18.2 Å². The molecular formula is C15H18ClN3O4. The monoisotopic (exact) mass is 339 g/mol. The van der Waals surface area contributed by atoms with Crippen LogP contribution in [0.5, 0.6) is 5.75 Å². The quantitative estimate of drug-likeness (QED) is 0.712. The number of methoxy groups -OCH3 is 1. The molecule has 0 saturated carbocycles. The SMILES string of the molecule is COc1ccc(NC(=O)C(=O)NC(=O)C2CCNCC2)cc1Cl. The van der Waals surface area contributed by atoms with E-state index in [0.29, 0.717) is 29.3 Å². The number of piperidine rings is 1. The van der Waals surface area contributed by atoms with Gasteiger partial charge in [0.15, 0.2) is 0 Å². The molecular weight excluding hydrogens is 322 g/mol. The molecule has 0 spiro atoms. The lowest BCUT2D eigenvalue weighted by atomic mass is 9.97. The van der Waals surface area contributed by atoms with Crippen LogP contribution in [-0.4, -0.2) is 37.9 Å². The Kier molecular flexibility index (Phi) is 5.95. The maximum absolute atomic E-state index is 11.9. The lowest BCUT2D eigenvalue weighted by Gasteiger charge is -2.21. The second-order valence-electron chi connectivity index (χ2n) is 5.15. The Morgan fingerprint density at radius 1 is 1.22 bits per heavy atom. The number of halogens is 1. The molecule has 1 aliphatic heterocycles. The fraction of sp³-hybridized carbons (Fsp3) is 0.400. The van der Waals surface area contributed by atoms with E-state index in [1.165, 1.54) is 13.2 Å². The molecule has 1 fully saturated rings. The van der Waals surface area contributed by atoms with Gasteiger partial charge in [-0.1, -0.05) is 11.6 Å². The molecule has 23 heavy (non-hydrogen) atoms. The predicted octanol–water partition coefficient (Wildman–Crippen LogP) is 0.929. The van der Waals surface area contributed by atoms with Crippen LogP contribution < -0.4 is 20.7 Å². The number of hydrogen-bond acceptors (Lipinski definition) is 5. The predicted molar refractivity (Wildman–Crippen MR) is 85.4 cm³/mol. The zero-order valence-electron chi connectivity index (χ0n) is 12.6. The Labute approximate surface area is 138 Å². The highest BCUT2D eigenvalue weighted by Crippen LogP contribution is 2.27. The lowest BCUT2D eigenvalue weighted by molar-refractivity contribution is -0.141. The van der Waals surface area contributed by atoms with E-state index in [2.05, 4.69) is 16.0 Å². The molecule has 1 heterocycles. The van der Waals surface area contributed by atoms with Gasteiger partial charge in [-0.3, -0.25) is 19.7 Å². The number of hydrogen-bond donors (Lipinski definition) is 3. The van der Waals surface area contributed by atoms with Crippen molar-refractivity contribution in [3.8, 4) is 5.75 Å². The number of rotatable bonds is 3. The van der Waals surface area contributed by atoms with Crippen LogP contribution in [-0.2, 0) is 14.4 Å². The third-order valence-corrected chi connectivity index (χ3v) is 3.86. The van der Waals surface area contributed by atoms with E-state index in [1.54, 1.807) is 12.1 Å². The normalized spacial score (nSPS) is 14.9. The van der Waals surface area contributed by atoms with E-state index < -0.39 is 17.7 Å². The molecule has 0 atom stereocenters. The summed E-state index contributed by atoms with van der Waals surface area (Å²) < 4.78 is 5.00. The van der Waals surface area contributed by atoms with Gasteiger partial charge in [0.05, 0.1) is 12.1 Å². The lowest BCUT2D eigenvalue weighted by Crippen LogP contribution is -2.44. The van der Waals surface area contributed by atoms with Crippen LogP contribution in [0.25, 0.3) is 0 Å². The summed E-state index contributed by atoms with van der Waals surface area (Å²) in [6, 6.07) is 4.57. The van der Waals surface area contributed by atoms with Gasteiger partial charge in [-0.2, -0.15) is 0 Å². The third kappa shape index (κ3) is 4.67. The summed E-state index contributed by atoms with van der Waals surface area (Å²) in [4.78, 5) is 35.6. The molecule has 1 aliphatic rings. The van der Waals surface area contributed by atoms with Crippen molar-refractivity contribution in [2.45, 2.75) is 12.8 Å². The fourth-order valence-electron chi connectivity index (χ4n) is 2.29. The van der Waals surface area contributed by atoms with E-state index in [-0.39, 0.29) is 5.92 Å². The van der Waals surface area contributed by atoms with E-state index in [1.807, 2.05) is 0 Å². The average molecular weight is 340 g/mol. The number of anilines is 1. The molecule has 8 heteroatoms. The third-order valence-electron chi connectivity index (χ3n) is 3.56. The van der Waals surface area contributed by atoms with Crippen molar-refractivity contribution >= 4 is 35.0 Å². The van der Waals surface area contributed by atoms with E-state index >= 15 is 0 Å².